The highest BCUT2D eigenvalue weighted by Gasteiger charge is 2.17. The Morgan fingerprint density at radius 2 is 1.96 bits per heavy atom. The lowest BCUT2D eigenvalue weighted by Gasteiger charge is -2.15. The summed E-state index contributed by atoms with van der Waals surface area (Å²) in [7, 11) is 0. The summed E-state index contributed by atoms with van der Waals surface area (Å²) in [6.07, 6.45) is 0. The van der Waals surface area contributed by atoms with E-state index in [1.165, 1.54) is 24.3 Å². The minimum absolute atomic E-state index is 0.143. The third-order valence-electron chi connectivity index (χ3n) is 3.10. The molecule has 2 aromatic carbocycles. The first-order valence-electron chi connectivity index (χ1n) is 7.35. The molecule has 0 saturated heterocycles. The molecule has 132 valence electrons. The Morgan fingerprint density at radius 1 is 1.28 bits per heavy atom. The maximum Gasteiger partial charge on any atom is 0.257 e. The molecular weight excluding hydrogens is 367 g/mol. The van der Waals surface area contributed by atoms with Gasteiger partial charge in [0, 0.05) is 5.56 Å². The van der Waals surface area contributed by atoms with Gasteiger partial charge in [0.1, 0.15) is 12.4 Å². The van der Waals surface area contributed by atoms with E-state index in [0.29, 0.717) is 18.1 Å². The van der Waals surface area contributed by atoms with Crippen LogP contribution < -0.4 is 20.5 Å². The SMILES string of the molecule is CCOc1cc(C(=O)NC(N)=S)cc(Cl)c1OCc1ccc(F)cc1. The van der Waals surface area contributed by atoms with E-state index >= 15 is 0 Å². The fraction of sp³-hybridized carbons (Fsp3) is 0.176. The van der Waals surface area contributed by atoms with Gasteiger partial charge in [-0.2, -0.15) is 0 Å². The molecule has 8 heteroatoms. The number of rotatable bonds is 6. The summed E-state index contributed by atoms with van der Waals surface area (Å²) in [5.41, 5.74) is 6.29. The monoisotopic (exact) mass is 382 g/mol. The van der Waals surface area contributed by atoms with Crippen LogP contribution in [0.25, 0.3) is 0 Å². The Kier molecular flexibility index (Phi) is 6.55. The molecule has 0 atom stereocenters. The fourth-order valence-electron chi connectivity index (χ4n) is 2.02. The van der Waals surface area contributed by atoms with E-state index < -0.39 is 5.91 Å². The van der Waals surface area contributed by atoms with Gasteiger partial charge in [0.25, 0.3) is 5.91 Å². The highest BCUT2D eigenvalue weighted by Crippen LogP contribution is 2.37. The number of carbonyl (C=O) groups is 1. The van der Waals surface area contributed by atoms with E-state index in [4.69, 9.17) is 26.8 Å². The van der Waals surface area contributed by atoms with Crippen molar-refractivity contribution in [3.63, 3.8) is 0 Å². The van der Waals surface area contributed by atoms with Crippen LogP contribution in [0.3, 0.4) is 0 Å². The number of ether oxygens (including phenoxy) is 2. The Morgan fingerprint density at radius 3 is 2.56 bits per heavy atom. The molecule has 0 bridgehead atoms. The van der Waals surface area contributed by atoms with E-state index in [0.717, 1.165) is 5.56 Å². The normalized spacial score (nSPS) is 10.2. The standard InChI is InChI=1S/C17H16ClFN2O3S/c1-2-23-14-8-11(16(22)21-17(20)25)7-13(18)15(14)24-9-10-3-5-12(19)6-4-10/h3-8H,2,9H2,1H3,(H3,20,21,22,25). The molecule has 0 unspecified atom stereocenters. The van der Waals surface area contributed by atoms with Crippen molar-refractivity contribution >= 4 is 34.8 Å². The van der Waals surface area contributed by atoms with Crippen molar-refractivity contribution in [2.24, 2.45) is 5.73 Å². The molecule has 2 aromatic rings. The number of amides is 1. The summed E-state index contributed by atoms with van der Waals surface area (Å²) < 4.78 is 24.2. The summed E-state index contributed by atoms with van der Waals surface area (Å²) in [6, 6.07) is 8.81. The van der Waals surface area contributed by atoms with Crippen LogP contribution in [0.5, 0.6) is 11.5 Å². The molecule has 0 aromatic heterocycles. The predicted octanol–water partition coefficient (Wildman–Crippen LogP) is 3.43. The van der Waals surface area contributed by atoms with E-state index in [1.54, 1.807) is 19.1 Å². The fourth-order valence-corrected chi connectivity index (χ4v) is 2.38. The lowest BCUT2D eigenvalue weighted by Crippen LogP contribution is -2.34. The highest BCUT2D eigenvalue weighted by molar-refractivity contribution is 7.80. The van der Waals surface area contributed by atoms with E-state index in [-0.39, 0.29) is 28.1 Å². The van der Waals surface area contributed by atoms with Crippen LogP contribution in [-0.4, -0.2) is 17.6 Å². The van der Waals surface area contributed by atoms with Crippen molar-refractivity contribution < 1.29 is 18.7 Å². The topological polar surface area (TPSA) is 73.6 Å². The molecule has 0 aliphatic heterocycles. The third kappa shape index (κ3) is 5.30. The van der Waals surface area contributed by atoms with E-state index in [2.05, 4.69) is 17.5 Å². The van der Waals surface area contributed by atoms with Crippen LogP contribution in [0.4, 0.5) is 4.39 Å². The quantitative estimate of drug-likeness (QED) is 0.749. The number of hydrogen-bond acceptors (Lipinski definition) is 4. The van der Waals surface area contributed by atoms with Crippen molar-refractivity contribution in [1.29, 1.82) is 0 Å². The Bertz CT molecular complexity index is 784. The van der Waals surface area contributed by atoms with Gasteiger partial charge in [0.2, 0.25) is 0 Å². The molecule has 0 spiro atoms. The van der Waals surface area contributed by atoms with Crippen molar-refractivity contribution in [3.05, 3.63) is 58.4 Å². The molecule has 0 aliphatic carbocycles. The van der Waals surface area contributed by atoms with Gasteiger partial charge in [-0.1, -0.05) is 23.7 Å². The van der Waals surface area contributed by atoms with Gasteiger partial charge in [-0.25, -0.2) is 4.39 Å². The Balaban J connectivity index is 2.25. The molecule has 5 nitrogen and oxygen atoms in total. The minimum Gasteiger partial charge on any atom is -0.490 e. The van der Waals surface area contributed by atoms with Gasteiger partial charge in [-0.3, -0.25) is 10.1 Å². The number of nitrogens with two attached hydrogens (primary N) is 1. The van der Waals surface area contributed by atoms with Gasteiger partial charge in [0.05, 0.1) is 11.6 Å². The van der Waals surface area contributed by atoms with Crippen LogP contribution in [-0.2, 0) is 6.61 Å². The summed E-state index contributed by atoms with van der Waals surface area (Å²) in [5, 5.41) is 2.37. The average molecular weight is 383 g/mol. The number of benzene rings is 2. The van der Waals surface area contributed by atoms with Crippen molar-refractivity contribution in [3.8, 4) is 11.5 Å². The second kappa shape index (κ2) is 8.64. The van der Waals surface area contributed by atoms with Crippen LogP contribution in [0.15, 0.2) is 36.4 Å². The van der Waals surface area contributed by atoms with Crippen molar-refractivity contribution in [2.45, 2.75) is 13.5 Å². The number of hydrogen-bond donors (Lipinski definition) is 2. The first kappa shape index (κ1) is 19.0. The number of thiocarbonyl (C=S) groups is 1. The molecule has 2 rings (SSSR count). The molecule has 0 saturated carbocycles. The molecule has 3 N–H and O–H groups in total. The Hall–Kier alpha value is -2.38. The van der Waals surface area contributed by atoms with Gasteiger partial charge < -0.3 is 15.2 Å². The van der Waals surface area contributed by atoms with Crippen LogP contribution in [0.1, 0.15) is 22.8 Å². The lowest BCUT2D eigenvalue weighted by molar-refractivity contribution is 0.0977. The second-order valence-electron chi connectivity index (χ2n) is 4.95. The molecule has 0 fully saturated rings. The van der Waals surface area contributed by atoms with Crippen molar-refractivity contribution in [1.82, 2.24) is 5.32 Å². The summed E-state index contributed by atoms with van der Waals surface area (Å²) in [6.45, 7) is 2.31. The third-order valence-corrected chi connectivity index (χ3v) is 3.49. The first-order valence-corrected chi connectivity index (χ1v) is 8.13. The van der Waals surface area contributed by atoms with Crippen molar-refractivity contribution in [2.75, 3.05) is 6.61 Å². The number of carbonyl (C=O) groups excluding carboxylic acids is 1. The van der Waals surface area contributed by atoms with Crippen LogP contribution in [0, 0.1) is 5.82 Å². The van der Waals surface area contributed by atoms with Gasteiger partial charge in [-0.15, -0.1) is 0 Å². The van der Waals surface area contributed by atoms with E-state index in [1.807, 2.05) is 0 Å². The molecule has 0 radical (unpaired) electrons. The number of nitrogens with one attached hydrogen (secondary N) is 1. The Labute approximate surface area is 154 Å². The highest BCUT2D eigenvalue weighted by atomic mass is 35.5. The molecule has 0 aliphatic rings. The van der Waals surface area contributed by atoms with Gasteiger partial charge >= 0.3 is 0 Å². The van der Waals surface area contributed by atoms with Crippen LogP contribution in [0.2, 0.25) is 5.02 Å². The summed E-state index contributed by atoms with van der Waals surface area (Å²) in [5.74, 6) is -0.227. The minimum atomic E-state index is -0.500. The number of halogens is 2. The van der Waals surface area contributed by atoms with E-state index in [9.17, 15) is 9.18 Å². The smallest absolute Gasteiger partial charge is 0.257 e. The largest absolute Gasteiger partial charge is 0.490 e. The van der Waals surface area contributed by atoms with Crippen LogP contribution >= 0.6 is 23.8 Å². The molecule has 0 heterocycles. The zero-order chi connectivity index (χ0) is 18.4. The summed E-state index contributed by atoms with van der Waals surface area (Å²) >= 11 is 10.9. The average Bonchev–Trinajstić information content (AvgIpc) is 2.55. The molecular formula is C17H16ClFN2O3S. The predicted molar refractivity (Wildman–Crippen MR) is 97.6 cm³/mol. The second-order valence-corrected chi connectivity index (χ2v) is 5.80. The maximum absolute atomic E-state index is 13.0. The molecule has 25 heavy (non-hydrogen) atoms. The summed E-state index contributed by atoms with van der Waals surface area (Å²) in [4.78, 5) is 12.0. The zero-order valence-corrected chi connectivity index (χ0v) is 14.9. The zero-order valence-electron chi connectivity index (χ0n) is 13.3. The molecule has 1 amide bonds. The lowest BCUT2D eigenvalue weighted by atomic mass is 10.2. The first-order chi connectivity index (χ1) is 11.9. The van der Waals surface area contributed by atoms with Gasteiger partial charge in [0.15, 0.2) is 16.6 Å². The maximum atomic E-state index is 13.0. The van der Waals surface area contributed by atoms with Gasteiger partial charge in [-0.05, 0) is 49.0 Å².